The second-order valence-corrected chi connectivity index (χ2v) is 6.49. The number of amides is 1. The summed E-state index contributed by atoms with van der Waals surface area (Å²) in [6.45, 7) is 6.58. The lowest BCUT2D eigenvalue weighted by atomic mass is 10.3. The number of rotatable bonds is 4. The molecule has 0 radical (unpaired) electrons. The van der Waals surface area contributed by atoms with Gasteiger partial charge in [-0.3, -0.25) is 4.79 Å². The third-order valence-electron chi connectivity index (χ3n) is 3.05. The monoisotopic (exact) mass is 292 g/mol. The van der Waals surface area contributed by atoms with Gasteiger partial charge in [-0.1, -0.05) is 0 Å². The van der Waals surface area contributed by atoms with E-state index < -0.39 is 0 Å². The molecule has 2 aromatic rings. The molecule has 0 aliphatic heterocycles. The quantitative estimate of drug-likeness (QED) is 0.942. The van der Waals surface area contributed by atoms with Crippen molar-refractivity contribution in [3.05, 3.63) is 34.0 Å². The Labute approximate surface area is 123 Å². The van der Waals surface area contributed by atoms with Crippen LogP contribution in [0.3, 0.4) is 0 Å². The predicted molar refractivity (Wildman–Crippen MR) is 81.9 cm³/mol. The molecule has 0 saturated heterocycles. The van der Waals surface area contributed by atoms with Gasteiger partial charge in [0, 0.05) is 30.4 Å². The number of hydrogen-bond donors (Lipinski definition) is 1. The van der Waals surface area contributed by atoms with Gasteiger partial charge in [0.2, 0.25) is 0 Å². The van der Waals surface area contributed by atoms with Gasteiger partial charge in [0.25, 0.3) is 5.91 Å². The number of carbonyl (C=O) groups excluding carboxylic acids is 1. The number of aryl methyl sites for hydroxylation is 1. The maximum absolute atomic E-state index is 12.5. The Morgan fingerprint density at radius 2 is 2.25 bits per heavy atom. The van der Waals surface area contributed by atoms with Gasteiger partial charge < -0.3 is 15.2 Å². The first-order valence-corrected chi connectivity index (χ1v) is 7.34. The van der Waals surface area contributed by atoms with Crippen LogP contribution in [0.2, 0.25) is 0 Å². The van der Waals surface area contributed by atoms with Gasteiger partial charge in [0.15, 0.2) is 0 Å². The van der Waals surface area contributed by atoms with Crippen LogP contribution in [0, 0.1) is 6.92 Å². The van der Waals surface area contributed by atoms with Gasteiger partial charge in [0.05, 0.1) is 17.2 Å². The van der Waals surface area contributed by atoms with E-state index in [-0.39, 0.29) is 11.9 Å². The Morgan fingerprint density at radius 3 is 2.80 bits per heavy atom. The molecular weight excluding hydrogens is 272 g/mol. The summed E-state index contributed by atoms with van der Waals surface area (Å²) in [4.78, 5) is 19.5. The van der Waals surface area contributed by atoms with Gasteiger partial charge >= 0.3 is 0 Å². The fraction of sp³-hybridized carbons (Fsp3) is 0.429. The molecular formula is C14H20N4OS. The summed E-state index contributed by atoms with van der Waals surface area (Å²) >= 11 is 1.61. The molecule has 0 aromatic carbocycles. The van der Waals surface area contributed by atoms with Crippen molar-refractivity contribution in [3.8, 4) is 0 Å². The summed E-state index contributed by atoms with van der Waals surface area (Å²) in [7, 11) is 1.80. The van der Waals surface area contributed by atoms with E-state index in [9.17, 15) is 4.79 Å². The van der Waals surface area contributed by atoms with Crippen LogP contribution in [0.15, 0.2) is 18.5 Å². The van der Waals surface area contributed by atoms with Gasteiger partial charge in [-0.05, 0) is 26.8 Å². The van der Waals surface area contributed by atoms with E-state index in [2.05, 4.69) is 4.98 Å². The number of nitrogens with zero attached hydrogens (tertiary/aromatic N) is 3. The molecule has 0 unspecified atom stereocenters. The fourth-order valence-corrected chi connectivity index (χ4v) is 2.93. The van der Waals surface area contributed by atoms with Crippen LogP contribution < -0.4 is 5.73 Å². The second-order valence-electron chi connectivity index (χ2n) is 5.17. The first-order valence-electron chi connectivity index (χ1n) is 6.52. The molecule has 2 rings (SSSR count). The molecule has 2 N–H and O–H groups in total. The van der Waals surface area contributed by atoms with Crippen LogP contribution in [0.25, 0.3) is 0 Å². The van der Waals surface area contributed by atoms with E-state index in [4.69, 9.17) is 5.73 Å². The number of nitrogens with two attached hydrogens (primary N) is 1. The number of hydrogen-bond acceptors (Lipinski definition) is 4. The molecule has 0 aliphatic rings. The van der Waals surface area contributed by atoms with Crippen molar-refractivity contribution in [1.29, 1.82) is 0 Å². The summed E-state index contributed by atoms with van der Waals surface area (Å²) < 4.78 is 1.91. The maximum Gasteiger partial charge on any atom is 0.270 e. The zero-order chi connectivity index (χ0) is 14.9. The highest BCUT2D eigenvalue weighted by Crippen LogP contribution is 2.20. The first-order chi connectivity index (χ1) is 9.38. The van der Waals surface area contributed by atoms with E-state index in [1.165, 1.54) is 0 Å². The Hall–Kier alpha value is -1.82. The van der Waals surface area contributed by atoms with Crippen LogP contribution in [0.4, 0.5) is 5.69 Å². The van der Waals surface area contributed by atoms with Crippen LogP contribution in [0.5, 0.6) is 0 Å². The second kappa shape index (κ2) is 5.66. The number of carbonyl (C=O) groups is 1. The van der Waals surface area contributed by atoms with Crippen LogP contribution >= 0.6 is 11.3 Å². The molecule has 0 saturated carbocycles. The molecule has 108 valence electrons. The SMILES string of the molecule is Cc1ncc(CN(C)C(=O)c2cc(N)cn2C(C)C)s1. The molecule has 20 heavy (non-hydrogen) atoms. The van der Waals surface area contributed by atoms with Crippen LogP contribution in [-0.2, 0) is 6.54 Å². The van der Waals surface area contributed by atoms with Gasteiger partial charge in [-0.2, -0.15) is 0 Å². The number of nitrogen functional groups attached to an aromatic ring is 1. The van der Waals surface area contributed by atoms with Crippen molar-refractivity contribution >= 4 is 22.9 Å². The molecule has 5 nitrogen and oxygen atoms in total. The Kier molecular flexibility index (Phi) is 4.13. The van der Waals surface area contributed by atoms with Crippen molar-refractivity contribution in [3.63, 3.8) is 0 Å². The van der Waals surface area contributed by atoms with E-state index in [1.807, 2.05) is 37.7 Å². The van der Waals surface area contributed by atoms with Crippen molar-refractivity contribution in [2.75, 3.05) is 12.8 Å². The normalized spacial score (nSPS) is 11.1. The average Bonchev–Trinajstić information content (AvgIpc) is 2.94. The van der Waals surface area contributed by atoms with Crippen LogP contribution in [0.1, 0.15) is 40.3 Å². The Morgan fingerprint density at radius 1 is 1.55 bits per heavy atom. The minimum atomic E-state index is -0.0264. The summed E-state index contributed by atoms with van der Waals surface area (Å²) in [5, 5.41) is 1.01. The minimum absolute atomic E-state index is 0.0264. The van der Waals surface area contributed by atoms with E-state index in [0.717, 1.165) is 9.88 Å². The van der Waals surface area contributed by atoms with Crippen molar-refractivity contribution in [1.82, 2.24) is 14.5 Å². The summed E-state index contributed by atoms with van der Waals surface area (Å²) in [6, 6.07) is 1.93. The minimum Gasteiger partial charge on any atom is -0.397 e. The van der Waals surface area contributed by atoms with Crippen molar-refractivity contribution < 1.29 is 4.79 Å². The van der Waals surface area contributed by atoms with Crippen molar-refractivity contribution in [2.24, 2.45) is 0 Å². The van der Waals surface area contributed by atoms with Crippen molar-refractivity contribution in [2.45, 2.75) is 33.4 Å². The third kappa shape index (κ3) is 3.01. The lowest BCUT2D eigenvalue weighted by Crippen LogP contribution is -2.28. The zero-order valence-electron chi connectivity index (χ0n) is 12.3. The highest BCUT2D eigenvalue weighted by Gasteiger charge is 2.19. The highest BCUT2D eigenvalue weighted by atomic mass is 32.1. The summed E-state index contributed by atoms with van der Waals surface area (Å²) in [6.07, 6.45) is 3.63. The molecule has 0 bridgehead atoms. The predicted octanol–water partition coefficient (Wildman–Crippen LogP) is 2.69. The topological polar surface area (TPSA) is 64.2 Å². The molecule has 0 atom stereocenters. The standard InChI is InChI=1S/C14H20N4OS/c1-9(2)18-7-11(15)5-13(18)14(19)17(4)8-12-6-16-10(3)20-12/h5-7,9H,8,15H2,1-4H3. The largest absolute Gasteiger partial charge is 0.397 e. The maximum atomic E-state index is 12.5. The summed E-state index contributed by atoms with van der Waals surface area (Å²) in [5.41, 5.74) is 7.05. The smallest absolute Gasteiger partial charge is 0.270 e. The van der Waals surface area contributed by atoms with Gasteiger partial charge in [-0.25, -0.2) is 4.98 Å². The molecule has 0 fully saturated rings. The number of aromatic nitrogens is 2. The first kappa shape index (κ1) is 14.6. The van der Waals surface area contributed by atoms with Crippen LogP contribution in [-0.4, -0.2) is 27.4 Å². The Bertz CT molecular complexity index is 614. The lowest BCUT2D eigenvalue weighted by molar-refractivity contribution is 0.0774. The molecule has 6 heteroatoms. The lowest BCUT2D eigenvalue weighted by Gasteiger charge is -2.19. The Balaban J connectivity index is 2.18. The van der Waals surface area contributed by atoms with E-state index in [0.29, 0.717) is 17.9 Å². The van der Waals surface area contributed by atoms with Gasteiger partial charge in [-0.15, -0.1) is 11.3 Å². The molecule has 1 amide bonds. The van der Waals surface area contributed by atoms with Gasteiger partial charge in [0.1, 0.15) is 5.69 Å². The molecule has 2 heterocycles. The van der Waals surface area contributed by atoms with E-state index in [1.54, 1.807) is 29.4 Å². The average molecular weight is 292 g/mol. The molecule has 0 aliphatic carbocycles. The molecule has 0 spiro atoms. The third-order valence-corrected chi connectivity index (χ3v) is 3.95. The fourth-order valence-electron chi connectivity index (χ4n) is 2.08. The zero-order valence-corrected chi connectivity index (χ0v) is 13.1. The summed E-state index contributed by atoms with van der Waals surface area (Å²) in [5.74, 6) is -0.0264. The number of anilines is 1. The molecule has 2 aromatic heterocycles. The number of thiazole rings is 1. The highest BCUT2D eigenvalue weighted by molar-refractivity contribution is 7.11. The van der Waals surface area contributed by atoms with E-state index >= 15 is 0 Å².